The fraction of sp³-hybridized carbons (Fsp3) is 0.500. The molecule has 132 valence electrons. The standard InChI is InChI=1S/C16H21ClN2O4S/c1-16(2,3)23-15(22)18-7-6-13(20)14(21)10-4-5-12(19-9-24)11(17)8-10/h4-5,8,13-14,20-21H,6-7H2,1-3H3,(H,18,22). The van der Waals surface area contributed by atoms with Crippen molar-refractivity contribution in [3.8, 4) is 0 Å². The number of halogens is 1. The Morgan fingerprint density at radius 2 is 2.12 bits per heavy atom. The minimum absolute atomic E-state index is 0.151. The fourth-order valence-electron chi connectivity index (χ4n) is 1.86. The number of aliphatic hydroxyl groups is 2. The van der Waals surface area contributed by atoms with E-state index >= 15 is 0 Å². The molecule has 0 radical (unpaired) electrons. The van der Waals surface area contributed by atoms with Crippen LogP contribution < -0.4 is 5.32 Å². The van der Waals surface area contributed by atoms with E-state index in [0.29, 0.717) is 16.3 Å². The number of carbonyl (C=O) groups is 1. The number of carbonyl (C=O) groups excluding carboxylic acids is 1. The average Bonchev–Trinajstić information content (AvgIpc) is 2.46. The molecule has 1 rings (SSSR count). The largest absolute Gasteiger partial charge is 0.444 e. The molecule has 1 amide bonds. The van der Waals surface area contributed by atoms with Crippen LogP contribution in [-0.4, -0.2) is 39.7 Å². The number of amides is 1. The van der Waals surface area contributed by atoms with Crippen molar-refractivity contribution in [1.82, 2.24) is 5.32 Å². The quantitative estimate of drug-likeness (QED) is 0.526. The number of alkyl carbamates (subject to hydrolysis) is 1. The lowest BCUT2D eigenvalue weighted by molar-refractivity contribution is 0.0123. The maximum Gasteiger partial charge on any atom is 0.407 e. The number of rotatable bonds is 6. The molecular formula is C16H21ClN2O4S. The van der Waals surface area contributed by atoms with Gasteiger partial charge in [0.05, 0.1) is 22.0 Å². The highest BCUT2D eigenvalue weighted by molar-refractivity contribution is 7.78. The summed E-state index contributed by atoms with van der Waals surface area (Å²) in [5.41, 5.74) is 0.280. The first-order chi connectivity index (χ1) is 11.1. The highest BCUT2D eigenvalue weighted by Gasteiger charge is 2.20. The predicted octanol–water partition coefficient (Wildman–Crippen LogP) is 3.38. The first kappa shape index (κ1) is 20.5. The zero-order valence-corrected chi connectivity index (χ0v) is 15.3. The van der Waals surface area contributed by atoms with Gasteiger partial charge in [0.1, 0.15) is 11.7 Å². The number of aliphatic hydroxyl groups excluding tert-OH is 2. The van der Waals surface area contributed by atoms with Crippen molar-refractivity contribution in [2.75, 3.05) is 6.54 Å². The van der Waals surface area contributed by atoms with E-state index in [2.05, 4.69) is 27.7 Å². The molecular weight excluding hydrogens is 352 g/mol. The maximum atomic E-state index is 11.5. The molecule has 0 aliphatic carbocycles. The lowest BCUT2D eigenvalue weighted by Gasteiger charge is -2.21. The molecule has 8 heteroatoms. The molecule has 0 bridgehead atoms. The average molecular weight is 373 g/mol. The number of nitrogens with one attached hydrogen (secondary N) is 1. The monoisotopic (exact) mass is 372 g/mol. The lowest BCUT2D eigenvalue weighted by atomic mass is 10.0. The molecule has 2 atom stereocenters. The third kappa shape index (κ3) is 6.95. The number of hydrogen-bond acceptors (Lipinski definition) is 6. The molecule has 0 aliphatic heterocycles. The Morgan fingerprint density at radius 1 is 1.46 bits per heavy atom. The summed E-state index contributed by atoms with van der Waals surface area (Å²) in [5.74, 6) is 0. The number of hydrogen-bond donors (Lipinski definition) is 3. The van der Waals surface area contributed by atoms with Crippen LogP contribution in [-0.2, 0) is 4.74 Å². The Morgan fingerprint density at radius 3 is 2.67 bits per heavy atom. The van der Waals surface area contributed by atoms with E-state index in [9.17, 15) is 15.0 Å². The number of thiocarbonyl (C=S) groups is 1. The van der Waals surface area contributed by atoms with Crippen molar-refractivity contribution in [2.24, 2.45) is 4.99 Å². The van der Waals surface area contributed by atoms with Gasteiger partial charge >= 0.3 is 6.09 Å². The van der Waals surface area contributed by atoms with Gasteiger partial charge in [-0.1, -0.05) is 17.7 Å². The van der Waals surface area contributed by atoms with Gasteiger partial charge in [0.2, 0.25) is 0 Å². The van der Waals surface area contributed by atoms with Crippen LogP contribution in [0, 0.1) is 0 Å². The number of nitrogens with zero attached hydrogens (tertiary/aromatic N) is 1. The van der Waals surface area contributed by atoms with Gasteiger partial charge in [-0.05, 0) is 57.1 Å². The molecule has 2 unspecified atom stereocenters. The summed E-state index contributed by atoms with van der Waals surface area (Å²) in [6.07, 6.45) is -2.64. The molecule has 3 N–H and O–H groups in total. The van der Waals surface area contributed by atoms with E-state index in [1.54, 1.807) is 32.9 Å². The number of ether oxygens (including phenoxy) is 1. The zero-order chi connectivity index (χ0) is 18.3. The fourth-order valence-corrected chi connectivity index (χ4v) is 2.19. The zero-order valence-electron chi connectivity index (χ0n) is 13.7. The van der Waals surface area contributed by atoms with Gasteiger partial charge in [0.25, 0.3) is 0 Å². The van der Waals surface area contributed by atoms with Gasteiger partial charge in [-0.25, -0.2) is 4.79 Å². The second-order valence-electron chi connectivity index (χ2n) is 6.14. The summed E-state index contributed by atoms with van der Waals surface area (Å²) in [4.78, 5) is 15.3. The molecule has 0 heterocycles. The Hall–Kier alpha value is -1.50. The summed E-state index contributed by atoms with van der Waals surface area (Å²) >= 11 is 10.5. The highest BCUT2D eigenvalue weighted by Crippen LogP contribution is 2.29. The van der Waals surface area contributed by atoms with Gasteiger partial charge < -0.3 is 20.3 Å². The van der Waals surface area contributed by atoms with E-state index in [1.165, 1.54) is 6.07 Å². The van der Waals surface area contributed by atoms with Crippen molar-refractivity contribution in [1.29, 1.82) is 0 Å². The summed E-state index contributed by atoms with van der Waals surface area (Å²) in [6.45, 7) is 5.43. The van der Waals surface area contributed by atoms with Gasteiger partial charge in [0, 0.05) is 6.54 Å². The Labute approximate surface area is 151 Å². The second-order valence-corrected chi connectivity index (χ2v) is 6.73. The second kappa shape index (κ2) is 9.11. The van der Waals surface area contributed by atoms with Crippen molar-refractivity contribution in [3.63, 3.8) is 0 Å². The van der Waals surface area contributed by atoms with Crippen LogP contribution in [0.15, 0.2) is 23.2 Å². The molecule has 1 aromatic rings. The van der Waals surface area contributed by atoms with Crippen LogP contribution in [0.2, 0.25) is 5.02 Å². The summed E-state index contributed by atoms with van der Waals surface area (Å²) in [5, 5.41) is 25.2. The molecule has 0 saturated heterocycles. The Kier molecular flexibility index (Phi) is 7.79. The van der Waals surface area contributed by atoms with Gasteiger partial charge in [-0.2, -0.15) is 4.99 Å². The normalized spacial score (nSPS) is 13.6. The minimum Gasteiger partial charge on any atom is -0.444 e. The van der Waals surface area contributed by atoms with Crippen molar-refractivity contribution < 1.29 is 19.7 Å². The molecule has 24 heavy (non-hydrogen) atoms. The Balaban J connectivity index is 2.56. The molecule has 0 aliphatic rings. The number of aliphatic imine (C=N–C) groups is 1. The van der Waals surface area contributed by atoms with Crippen molar-refractivity contribution in [2.45, 2.75) is 45.0 Å². The minimum atomic E-state index is -1.14. The van der Waals surface area contributed by atoms with Crippen LogP contribution in [0.4, 0.5) is 10.5 Å². The van der Waals surface area contributed by atoms with Gasteiger partial charge in [-0.15, -0.1) is 0 Å². The highest BCUT2D eigenvalue weighted by atomic mass is 35.5. The van der Waals surface area contributed by atoms with Gasteiger partial charge in [-0.3, -0.25) is 0 Å². The first-order valence-electron chi connectivity index (χ1n) is 7.34. The molecule has 0 saturated carbocycles. The van der Waals surface area contributed by atoms with E-state index in [4.69, 9.17) is 16.3 Å². The number of benzene rings is 1. The lowest BCUT2D eigenvalue weighted by Crippen LogP contribution is -2.34. The van der Waals surface area contributed by atoms with Gasteiger partial charge in [0.15, 0.2) is 0 Å². The molecule has 0 aromatic heterocycles. The van der Waals surface area contributed by atoms with E-state index < -0.39 is 23.9 Å². The van der Waals surface area contributed by atoms with Crippen LogP contribution in [0.3, 0.4) is 0 Å². The predicted molar refractivity (Wildman–Crippen MR) is 96.0 cm³/mol. The van der Waals surface area contributed by atoms with Crippen LogP contribution in [0.1, 0.15) is 38.9 Å². The third-order valence-electron chi connectivity index (χ3n) is 2.95. The Bertz CT molecular complexity index is 627. The maximum absolute atomic E-state index is 11.5. The molecule has 1 aromatic carbocycles. The van der Waals surface area contributed by atoms with E-state index in [-0.39, 0.29) is 13.0 Å². The first-order valence-corrected chi connectivity index (χ1v) is 8.13. The van der Waals surface area contributed by atoms with E-state index in [0.717, 1.165) is 0 Å². The smallest absolute Gasteiger partial charge is 0.407 e. The van der Waals surface area contributed by atoms with E-state index in [1.807, 2.05) is 0 Å². The summed E-state index contributed by atoms with van der Waals surface area (Å²) in [7, 11) is 0. The summed E-state index contributed by atoms with van der Waals surface area (Å²) < 4.78 is 5.08. The van der Waals surface area contributed by atoms with Crippen LogP contribution >= 0.6 is 23.8 Å². The molecule has 0 spiro atoms. The number of isothiocyanates is 1. The van der Waals surface area contributed by atoms with Crippen LogP contribution in [0.5, 0.6) is 0 Å². The SMILES string of the molecule is CC(C)(C)OC(=O)NCCC(O)C(O)c1ccc(N=C=S)c(Cl)c1. The van der Waals surface area contributed by atoms with Crippen LogP contribution in [0.25, 0.3) is 0 Å². The van der Waals surface area contributed by atoms with Crippen molar-refractivity contribution >= 4 is 40.8 Å². The summed E-state index contributed by atoms with van der Waals surface area (Å²) in [6, 6.07) is 4.67. The topological polar surface area (TPSA) is 91.2 Å². The molecule has 0 fully saturated rings. The molecule has 6 nitrogen and oxygen atoms in total. The van der Waals surface area contributed by atoms with Crippen molar-refractivity contribution in [3.05, 3.63) is 28.8 Å². The third-order valence-corrected chi connectivity index (χ3v) is 3.35.